The number of nitrogens with zero attached hydrogens (tertiary/aromatic N) is 2. The first kappa shape index (κ1) is 11.9. The van der Waals surface area contributed by atoms with Gasteiger partial charge in [-0.1, -0.05) is 24.3 Å². The molecule has 102 valence electrons. The Morgan fingerprint density at radius 3 is 2.25 bits per heavy atom. The SMILES string of the molecule is NNc1cc(C2CC2)nc(-c2ccc(C3CC3)cc2)n1. The van der Waals surface area contributed by atoms with E-state index in [1.807, 2.05) is 6.07 Å². The maximum atomic E-state index is 5.52. The van der Waals surface area contributed by atoms with E-state index < -0.39 is 0 Å². The molecule has 0 unspecified atom stereocenters. The fourth-order valence-corrected chi connectivity index (χ4v) is 2.58. The molecule has 0 saturated heterocycles. The highest BCUT2D eigenvalue weighted by Gasteiger charge is 2.26. The highest BCUT2D eigenvalue weighted by Crippen LogP contribution is 2.41. The summed E-state index contributed by atoms with van der Waals surface area (Å²) in [5.74, 6) is 8.36. The Morgan fingerprint density at radius 2 is 1.65 bits per heavy atom. The molecule has 0 atom stereocenters. The molecule has 4 heteroatoms. The second-order valence-electron chi connectivity index (χ2n) is 5.82. The number of hydrogen-bond donors (Lipinski definition) is 2. The number of anilines is 1. The molecular formula is C16H18N4. The fourth-order valence-electron chi connectivity index (χ4n) is 2.58. The van der Waals surface area contributed by atoms with Gasteiger partial charge in [-0.2, -0.15) is 0 Å². The van der Waals surface area contributed by atoms with Crippen LogP contribution < -0.4 is 11.3 Å². The lowest BCUT2D eigenvalue weighted by molar-refractivity contribution is 0.990. The van der Waals surface area contributed by atoms with E-state index in [1.54, 1.807) is 0 Å². The third-order valence-corrected chi connectivity index (χ3v) is 4.11. The van der Waals surface area contributed by atoms with Crippen LogP contribution in [0.4, 0.5) is 5.82 Å². The molecular weight excluding hydrogens is 248 g/mol. The number of aromatic nitrogens is 2. The Labute approximate surface area is 118 Å². The van der Waals surface area contributed by atoms with Crippen molar-refractivity contribution in [3.05, 3.63) is 41.6 Å². The molecule has 3 N–H and O–H groups in total. The first-order valence-electron chi connectivity index (χ1n) is 7.29. The monoisotopic (exact) mass is 266 g/mol. The molecule has 0 radical (unpaired) electrons. The fraction of sp³-hybridized carbons (Fsp3) is 0.375. The molecule has 2 aliphatic carbocycles. The van der Waals surface area contributed by atoms with Crippen molar-refractivity contribution in [1.82, 2.24) is 9.97 Å². The summed E-state index contributed by atoms with van der Waals surface area (Å²) in [5.41, 5.74) is 6.25. The van der Waals surface area contributed by atoms with E-state index in [4.69, 9.17) is 10.8 Å². The van der Waals surface area contributed by atoms with Crippen molar-refractivity contribution in [2.75, 3.05) is 5.43 Å². The predicted molar refractivity (Wildman–Crippen MR) is 79.2 cm³/mol. The lowest BCUT2D eigenvalue weighted by Crippen LogP contribution is -2.10. The van der Waals surface area contributed by atoms with E-state index in [0.717, 1.165) is 23.0 Å². The maximum Gasteiger partial charge on any atom is 0.161 e. The van der Waals surface area contributed by atoms with Gasteiger partial charge in [0.15, 0.2) is 5.82 Å². The first-order valence-corrected chi connectivity index (χ1v) is 7.29. The molecule has 2 aromatic rings. The average Bonchev–Trinajstić information content (AvgIpc) is 3.39. The molecule has 4 nitrogen and oxygen atoms in total. The van der Waals surface area contributed by atoms with Crippen molar-refractivity contribution in [3.8, 4) is 11.4 Å². The van der Waals surface area contributed by atoms with Crippen LogP contribution >= 0.6 is 0 Å². The first-order chi connectivity index (χ1) is 9.83. The Balaban J connectivity index is 1.70. The minimum Gasteiger partial charge on any atom is -0.308 e. The quantitative estimate of drug-likeness (QED) is 0.659. The Bertz CT molecular complexity index is 627. The summed E-state index contributed by atoms with van der Waals surface area (Å²) in [5, 5.41) is 0. The van der Waals surface area contributed by atoms with E-state index in [9.17, 15) is 0 Å². The van der Waals surface area contributed by atoms with E-state index in [1.165, 1.54) is 31.2 Å². The van der Waals surface area contributed by atoms with Gasteiger partial charge in [0, 0.05) is 23.2 Å². The number of nitrogens with two attached hydrogens (primary N) is 1. The van der Waals surface area contributed by atoms with Crippen LogP contribution in [0.2, 0.25) is 0 Å². The maximum absolute atomic E-state index is 5.52. The lowest BCUT2D eigenvalue weighted by atomic mass is 10.1. The summed E-state index contributed by atoms with van der Waals surface area (Å²) in [7, 11) is 0. The van der Waals surface area contributed by atoms with Gasteiger partial charge in [0.2, 0.25) is 0 Å². The summed E-state index contributed by atoms with van der Waals surface area (Å²) in [6.45, 7) is 0. The van der Waals surface area contributed by atoms with E-state index in [0.29, 0.717) is 11.7 Å². The van der Waals surface area contributed by atoms with Gasteiger partial charge >= 0.3 is 0 Å². The summed E-state index contributed by atoms with van der Waals surface area (Å²) < 4.78 is 0. The highest BCUT2D eigenvalue weighted by molar-refractivity contribution is 5.58. The third kappa shape index (κ3) is 2.27. The molecule has 20 heavy (non-hydrogen) atoms. The molecule has 1 aromatic heterocycles. The predicted octanol–water partition coefficient (Wildman–Crippen LogP) is 3.18. The Hall–Kier alpha value is -1.94. The van der Waals surface area contributed by atoms with Gasteiger partial charge in [0.1, 0.15) is 5.82 Å². The van der Waals surface area contributed by atoms with Crippen LogP contribution in [0.5, 0.6) is 0 Å². The van der Waals surface area contributed by atoms with Gasteiger partial charge in [-0.3, -0.25) is 0 Å². The van der Waals surface area contributed by atoms with Crippen LogP contribution in [0.15, 0.2) is 30.3 Å². The zero-order chi connectivity index (χ0) is 13.5. The van der Waals surface area contributed by atoms with E-state index in [2.05, 4.69) is 34.7 Å². The standard InChI is InChI=1S/C16H18N4/c17-20-15-9-14(12-5-6-12)18-16(19-15)13-7-3-11(4-8-13)10-1-2-10/h3-4,7-10,12H,1-2,5-6,17H2,(H,18,19,20). The average molecular weight is 266 g/mol. The molecule has 2 saturated carbocycles. The number of hydrazine groups is 1. The Kier molecular flexibility index (Phi) is 2.70. The van der Waals surface area contributed by atoms with Gasteiger partial charge in [-0.15, -0.1) is 0 Å². The van der Waals surface area contributed by atoms with E-state index >= 15 is 0 Å². The van der Waals surface area contributed by atoms with Crippen LogP contribution in [0, 0.1) is 0 Å². The van der Waals surface area contributed by atoms with Crippen LogP contribution in [0.1, 0.15) is 48.8 Å². The molecule has 0 spiro atoms. The van der Waals surface area contributed by atoms with Crippen molar-refractivity contribution in [1.29, 1.82) is 0 Å². The van der Waals surface area contributed by atoms with Gasteiger partial charge in [-0.05, 0) is 37.2 Å². The second-order valence-corrected chi connectivity index (χ2v) is 5.82. The smallest absolute Gasteiger partial charge is 0.161 e. The Morgan fingerprint density at radius 1 is 0.950 bits per heavy atom. The van der Waals surface area contributed by atoms with Crippen molar-refractivity contribution in [3.63, 3.8) is 0 Å². The lowest BCUT2D eigenvalue weighted by Gasteiger charge is -2.08. The number of benzene rings is 1. The summed E-state index contributed by atoms with van der Waals surface area (Å²) in [6, 6.07) is 10.6. The number of nitrogen functional groups attached to an aromatic ring is 1. The minimum absolute atomic E-state index is 0.592. The third-order valence-electron chi connectivity index (χ3n) is 4.11. The van der Waals surface area contributed by atoms with Gasteiger partial charge in [-0.25, -0.2) is 15.8 Å². The topological polar surface area (TPSA) is 63.8 Å². The van der Waals surface area contributed by atoms with Crippen LogP contribution in [0.25, 0.3) is 11.4 Å². The van der Waals surface area contributed by atoms with Gasteiger partial charge < -0.3 is 5.43 Å². The normalized spacial score (nSPS) is 18.1. The van der Waals surface area contributed by atoms with Crippen LogP contribution in [-0.2, 0) is 0 Å². The highest BCUT2D eigenvalue weighted by atomic mass is 15.3. The van der Waals surface area contributed by atoms with Crippen molar-refractivity contribution >= 4 is 5.82 Å². The molecule has 2 aliphatic rings. The number of rotatable bonds is 4. The summed E-state index contributed by atoms with van der Waals surface area (Å²) in [6.07, 6.45) is 5.10. The molecule has 4 rings (SSSR count). The van der Waals surface area contributed by atoms with Gasteiger partial charge in [0.25, 0.3) is 0 Å². The molecule has 0 bridgehead atoms. The number of hydrogen-bond acceptors (Lipinski definition) is 4. The molecule has 1 heterocycles. The minimum atomic E-state index is 0.592. The van der Waals surface area contributed by atoms with E-state index in [-0.39, 0.29) is 0 Å². The largest absolute Gasteiger partial charge is 0.308 e. The summed E-state index contributed by atoms with van der Waals surface area (Å²) >= 11 is 0. The van der Waals surface area contributed by atoms with Crippen molar-refractivity contribution < 1.29 is 0 Å². The molecule has 0 aliphatic heterocycles. The second kappa shape index (κ2) is 4.56. The van der Waals surface area contributed by atoms with Crippen LogP contribution in [0.3, 0.4) is 0 Å². The summed E-state index contributed by atoms with van der Waals surface area (Å²) in [4.78, 5) is 9.17. The van der Waals surface area contributed by atoms with Gasteiger partial charge in [0.05, 0.1) is 0 Å². The zero-order valence-electron chi connectivity index (χ0n) is 11.3. The van der Waals surface area contributed by atoms with Crippen LogP contribution in [-0.4, -0.2) is 9.97 Å². The molecule has 2 fully saturated rings. The molecule has 0 amide bonds. The van der Waals surface area contributed by atoms with Crippen molar-refractivity contribution in [2.45, 2.75) is 37.5 Å². The molecule has 1 aromatic carbocycles. The number of nitrogens with one attached hydrogen (secondary N) is 1. The van der Waals surface area contributed by atoms with Crippen molar-refractivity contribution in [2.24, 2.45) is 5.84 Å². The zero-order valence-corrected chi connectivity index (χ0v) is 11.3.